The normalized spacial score (nSPS) is 10.3. The van der Waals surface area contributed by atoms with Gasteiger partial charge in [-0.25, -0.2) is 4.79 Å². The van der Waals surface area contributed by atoms with Crippen molar-refractivity contribution in [1.82, 2.24) is 0 Å². The van der Waals surface area contributed by atoms with Crippen molar-refractivity contribution in [2.45, 2.75) is 13.3 Å². The number of halogens is 3. The zero-order valence-electron chi connectivity index (χ0n) is 12.0. The highest BCUT2D eigenvalue weighted by molar-refractivity contribution is 6.01. The summed E-state index contributed by atoms with van der Waals surface area (Å²) in [4.78, 5) is 21.8. The highest BCUT2D eigenvalue weighted by atomic mass is 19.4. The SMILES string of the molecule is CC(=O)c1cccc(C(=O)O)c1OC(F)(F)F.c1ccccc1. The fourth-order valence-corrected chi connectivity index (χ4v) is 1.59. The van der Waals surface area contributed by atoms with Crippen LogP contribution in [0.25, 0.3) is 0 Å². The van der Waals surface area contributed by atoms with E-state index >= 15 is 0 Å². The standard InChI is InChI=1S/C10H7F3O4.C6H6/c1-5(14)6-3-2-4-7(9(15)16)8(6)17-10(11,12)13;1-2-4-6-5-3-1/h2-4H,1H3,(H,15,16);1-6H. The summed E-state index contributed by atoms with van der Waals surface area (Å²) in [5.41, 5.74) is -1.14. The molecule has 2 rings (SSSR count). The van der Waals surface area contributed by atoms with Crippen LogP contribution in [-0.4, -0.2) is 23.2 Å². The van der Waals surface area contributed by atoms with E-state index in [1.165, 1.54) is 6.07 Å². The minimum absolute atomic E-state index is 0.428. The van der Waals surface area contributed by atoms with Gasteiger partial charge in [-0.3, -0.25) is 4.79 Å². The van der Waals surface area contributed by atoms with Crippen LogP contribution in [0.4, 0.5) is 13.2 Å². The van der Waals surface area contributed by atoms with Crippen LogP contribution in [0, 0.1) is 0 Å². The van der Waals surface area contributed by atoms with Crippen LogP contribution in [0.15, 0.2) is 54.6 Å². The number of para-hydroxylation sites is 1. The summed E-state index contributed by atoms with van der Waals surface area (Å²) in [6.45, 7) is 1.02. The van der Waals surface area contributed by atoms with Gasteiger partial charge in [-0.2, -0.15) is 0 Å². The number of carbonyl (C=O) groups excluding carboxylic acids is 1. The Morgan fingerprint density at radius 2 is 1.35 bits per heavy atom. The van der Waals surface area contributed by atoms with Gasteiger partial charge in [0.05, 0.1) is 5.56 Å². The van der Waals surface area contributed by atoms with E-state index in [9.17, 15) is 22.8 Å². The number of aromatic carboxylic acids is 1. The number of ketones is 1. The van der Waals surface area contributed by atoms with Crippen molar-refractivity contribution >= 4 is 11.8 Å². The molecule has 0 aliphatic rings. The van der Waals surface area contributed by atoms with Crippen LogP contribution in [0.5, 0.6) is 5.75 Å². The Balaban J connectivity index is 0.000000366. The van der Waals surface area contributed by atoms with Crippen molar-refractivity contribution in [2.24, 2.45) is 0 Å². The number of carboxylic acids is 1. The van der Waals surface area contributed by atoms with Crippen molar-refractivity contribution in [3.63, 3.8) is 0 Å². The molecule has 4 nitrogen and oxygen atoms in total. The first-order chi connectivity index (χ1) is 10.7. The molecule has 2 aromatic rings. The second-order valence-corrected chi connectivity index (χ2v) is 4.25. The molecule has 0 heterocycles. The molecule has 0 fully saturated rings. The van der Waals surface area contributed by atoms with Gasteiger partial charge in [0, 0.05) is 0 Å². The van der Waals surface area contributed by atoms with Crippen molar-refractivity contribution in [3.05, 3.63) is 65.7 Å². The molecule has 0 bridgehead atoms. The smallest absolute Gasteiger partial charge is 0.478 e. The van der Waals surface area contributed by atoms with E-state index in [0.29, 0.717) is 0 Å². The van der Waals surface area contributed by atoms with Gasteiger partial charge in [-0.15, -0.1) is 13.2 Å². The number of carbonyl (C=O) groups is 2. The Labute approximate surface area is 130 Å². The topological polar surface area (TPSA) is 63.6 Å². The summed E-state index contributed by atoms with van der Waals surface area (Å²) < 4.78 is 39.9. The summed E-state index contributed by atoms with van der Waals surface area (Å²) in [6.07, 6.45) is -5.06. The molecule has 7 heteroatoms. The van der Waals surface area contributed by atoms with Crippen LogP contribution >= 0.6 is 0 Å². The summed E-state index contributed by atoms with van der Waals surface area (Å²) in [5.74, 6) is -3.31. The van der Waals surface area contributed by atoms with Gasteiger partial charge in [0.25, 0.3) is 0 Å². The molecule has 1 N–H and O–H groups in total. The number of Topliss-reactive ketones (excluding diaryl/α,β-unsaturated/α-hetero) is 1. The van der Waals surface area contributed by atoms with E-state index < -0.39 is 35.0 Å². The Morgan fingerprint density at radius 1 is 0.913 bits per heavy atom. The fourth-order valence-electron chi connectivity index (χ4n) is 1.59. The molecule has 0 aliphatic carbocycles. The maximum Gasteiger partial charge on any atom is 0.573 e. The summed E-state index contributed by atoms with van der Waals surface area (Å²) in [7, 11) is 0. The fraction of sp³-hybridized carbons (Fsp3) is 0.125. The Morgan fingerprint density at radius 3 is 1.70 bits per heavy atom. The van der Waals surface area contributed by atoms with E-state index in [1.54, 1.807) is 0 Å². The highest BCUT2D eigenvalue weighted by Crippen LogP contribution is 2.30. The molecule has 0 spiro atoms. The van der Waals surface area contributed by atoms with Crippen molar-refractivity contribution in [3.8, 4) is 5.75 Å². The molecule has 0 aromatic heterocycles. The van der Waals surface area contributed by atoms with E-state index in [2.05, 4.69) is 4.74 Å². The zero-order valence-corrected chi connectivity index (χ0v) is 12.0. The Bertz CT molecular complexity index is 608. The van der Waals surface area contributed by atoms with Crippen LogP contribution in [0.3, 0.4) is 0 Å². The van der Waals surface area contributed by atoms with Crippen molar-refractivity contribution in [2.75, 3.05) is 0 Å². The second-order valence-electron chi connectivity index (χ2n) is 4.25. The number of alkyl halides is 3. The zero-order chi connectivity index (χ0) is 17.5. The average molecular weight is 326 g/mol. The molecule has 2 aromatic carbocycles. The summed E-state index contributed by atoms with van der Waals surface area (Å²) in [6, 6.07) is 15.2. The van der Waals surface area contributed by atoms with Gasteiger partial charge in [-0.1, -0.05) is 42.5 Å². The van der Waals surface area contributed by atoms with Gasteiger partial charge in [0.1, 0.15) is 5.56 Å². The molecule has 122 valence electrons. The summed E-state index contributed by atoms with van der Waals surface area (Å²) >= 11 is 0. The predicted octanol–water partition coefficient (Wildman–Crippen LogP) is 4.17. The maximum absolute atomic E-state index is 12.1. The molecule has 0 unspecified atom stereocenters. The molecule has 0 atom stereocenters. The third kappa shape index (κ3) is 6.21. The highest BCUT2D eigenvalue weighted by Gasteiger charge is 2.34. The molecule has 23 heavy (non-hydrogen) atoms. The van der Waals surface area contributed by atoms with Gasteiger partial charge in [0.2, 0.25) is 0 Å². The monoisotopic (exact) mass is 326 g/mol. The number of ether oxygens (including phenoxy) is 1. The molecule has 0 saturated heterocycles. The second kappa shape index (κ2) is 7.98. The molecule has 0 saturated carbocycles. The lowest BCUT2D eigenvalue weighted by Crippen LogP contribution is -2.21. The lowest BCUT2D eigenvalue weighted by molar-refractivity contribution is -0.274. The average Bonchev–Trinajstić information content (AvgIpc) is 2.47. The van der Waals surface area contributed by atoms with Crippen LogP contribution in [0.1, 0.15) is 27.6 Å². The van der Waals surface area contributed by atoms with Gasteiger partial charge >= 0.3 is 12.3 Å². The Kier molecular flexibility index (Phi) is 6.32. The van der Waals surface area contributed by atoms with Crippen molar-refractivity contribution < 1.29 is 32.6 Å². The number of benzene rings is 2. The third-order valence-electron chi connectivity index (χ3n) is 2.51. The predicted molar refractivity (Wildman–Crippen MR) is 76.5 cm³/mol. The van der Waals surface area contributed by atoms with Gasteiger partial charge in [-0.05, 0) is 19.1 Å². The first-order valence-corrected chi connectivity index (χ1v) is 6.35. The van der Waals surface area contributed by atoms with Crippen LogP contribution < -0.4 is 4.74 Å². The maximum atomic E-state index is 12.1. The number of hydrogen-bond acceptors (Lipinski definition) is 3. The first kappa shape index (κ1) is 18.2. The Hall–Kier alpha value is -2.83. The number of carboxylic acid groups (broad SMARTS) is 1. The van der Waals surface area contributed by atoms with Crippen LogP contribution in [-0.2, 0) is 0 Å². The van der Waals surface area contributed by atoms with E-state index in [1.807, 2.05) is 36.4 Å². The molecule has 0 radical (unpaired) electrons. The molecular formula is C16H13F3O4. The first-order valence-electron chi connectivity index (χ1n) is 6.35. The minimum atomic E-state index is -5.06. The summed E-state index contributed by atoms with van der Waals surface area (Å²) in [5, 5.41) is 8.71. The van der Waals surface area contributed by atoms with Crippen LogP contribution in [0.2, 0.25) is 0 Å². The van der Waals surface area contributed by atoms with E-state index in [4.69, 9.17) is 5.11 Å². The quantitative estimate of drug-likeness (QED) is 0.860. The van der Waals surface area contributed by atoms with E-state index in [-0.39, 0.29) is 0 Å². The molecule has 0 amide bonds. The van der Waals surface area contributed by atoms with Crippen molar-refractivity contribution in [1.29, 1.82) is 0 Å². The largest absolute Gasteiger partial charge is 0.573 e. The lowest BCUT2D eigenvalue weighted by atomic mass is 10.1. The molecular weight excluding hydrogens is 313 g/mol. The number of rotatable bonds is 3. The van der Waals surface area contributed by atoms with Gasteiger partial charge in [0.15, 0.2) is 11.5 Å². The minimum Gasteiger partial charge on any atom is -0.478 e. The number of hydrogen-bond donors (Lipinski definition) is 1. The molecule has 0 aliphatic heterocycles. The van der Waals surface area contributed by atoms with Gasteiger partial charge < -0.3 is 9.84 Å². The third-order valence-corrected chi connectivity index (χ3v) is 2.51. The van der Waals surface area contributed by atoms with E-state index in [0.717, 1.165) is 19.1 Å². The lowest BCUT2D eigenvalue weighted by Gasteiger charge is -2.13.